The van der Waals surface area contributed by atoms with Crippen LogP contribution in [-0.2, 0) is 4.79 Å². The molecule has 0 spiro atoms. The number of phenols is 1. The Kier molecular flexibility index (Phi) is 3.30. The molecule has 0 unspecified atom stereocenters. The lowest BCUT2D eigenvalue weighted by Crippen LogP contribution is -2.19. The molecule has 1 saturated heterocycles. The van der Waals surface area contributed by atoms with Crippen LogP contribution in [0.5, 0.6) is 5.75 Å². The quantitative estimate of drug-likeness (QED) is 0.830. The number of carbonyl (C=O) groups excluding carboxylic acids is 1. The molecule has 0 aliphatic carbocycles. The van der Waals surface area contributed by atoms with Crippen molar-refractivity contribution in [3.05, 3.63) is 48.5 Å². The number of rotatable bonds is 2. The lowest BCUT2D eigenvalue weighted by molar-refractivity contribution is -0.110. The Morgan fingerprint density at radius 3 is 2.62 bits per heavy atom. The third kappa shape index (κ3) is 2.33. The molecule has 0 saturated carbocycles. The van der Waals surface area contributed by atoms with Crippen LogP contribution in [0.3, 0.4) is 0 Å². The second kappa shape index (κ2) is 5.37. The predicted octanol–water partition coefficient (Wildman–Crippen LogP) is 3.57. The number of anilines is 2. The summed E-state index contributed by atoms with van der Waals surface area (Å²) < 4.78 is 13.3. The minimum Gasteiger partial charge on any atom is -0.507 e. The van der Waals surface area contributed by atoms with Gasteiger partial charge < -0.3 is 15.3 Å². The summed E-state index contributed by atoms with van der Waals surface area (Å²) in [5.41, 5.74) is 4.13. The number of benzene rings is 2. The Labute approximate surface area is 139 Å². The van der Waals surface area contributed by atoms with Crippen molar-refractivity contribution >= 4 is 22.9 Å². The van der Waals surface area contributed by atoms with Crippen molar-refractivity contribution in [3.8, 4) is 16.9 Å². The van der Waals surface area contributed by atoms with Crippen LogP contribution in [-0.4, -0.2) is 30.3 Å². The highest BCUT2D eigenvalue weighted by molar-refractivity contribution is 6.31. The van der Waals surface area contributed by atoms with Crippen LogP contribution in [0.4, 0.5) is 15.8 Å². The molecule has 1 atom stereocenters. The number of hydrogen-bond acceptors (Lipinski definition) is 3. The van der Waals surface area contributed by atoms with Gasteiger partial charge in [-0.05, 0) is 30.2 Å². The largest absolute Gasteiger partial charge is 0.507 e. The van der Waals surface area contributed by atoms with E-state index in [-0.39, 0.29) is 11.7 Å². The van der Waals surface area contributed by atoms with E-state index in [1.54, 1.807) is 12.1 Å². The van der Waals surface area contributed by atoms with Crippen LogP contribution < -0.4 is 10.2 Å². The average Bonchev–Trinajstić information content (AvgIpc) is 3.11. The standard InChI is InChI=1S/C19H17FN2O2/c1-11-15-8-16(18(23)9-17(15)21-19(11)24)12-2-4-14(5-3-12)22-7-6-13(20)10-22/h2-5,8-9,13,23H,1,6-7,10H2,(H,21,24)/t13-/m1/s1. The summed E-state index contributed by atoms with van der Waals surface area (Å²) in [5, 5.41) is 13.0. The molecule has 5 heteroatoms. The van der Waals surface area contributed by atoms with Crippen molar-refractivity contribution in [1.29, 1.82) is 0 Å². The third-order valence-electron chi connectivity index (χ3n) is 4.66. The molecule has 1 fully saturated rings. The first kappa shape index (κ1) is 14.8. The number of fused-ring (bicyclic) bond motifs is 1. The Morgan fingerprint density at radius 1 is 1.21 bits per heavy atom. The van der Waals surface area contributed by atoms with Gasteiger partial charge in [0.15, 0.2) is 0 Å². The summed E-state index contributed by atoms with van der Waals surface area (Å²) in [6.07, 6.45) is -0.197. The van der Waals surface area contributed by atoms with Crippen molar-refractivity contribution < 1.29 is 14.3 Å². The summed E-state index contributed by atoms with van der Waals surface area (Å²) in [5.74, 6) is -0.145. The second-order valence-corrected chi connectivity index (χ2v) is 6.23. The number of amides is 1. The van der Waals surface area contributed by atoms with E-state index in [2.05, 4.69) is 11.9 Å². The molecule has 4 nitrogen and oxygen atoms in total. The number of hydrogen-bond donors (Lipinski definition) is 2. The Hall–Kier alpha value is -2.82. The van der Waals surface area contributed by atoms with Crippen molar-refractivity contribution in [3.63, 3.8) is 0 Å². The SMILES string of the molecule is C=C1C(=O)Nc2cc(O)c(-c3ccc(N4CC[C@@H](F)C4)cc3)cc21. The number of aromatic hydroxyl groups is 1. The first-order chi connectivity index (χ1) is 11.5. The van der Waals surface area contributed by atoms with E-state index >= 15 is 0 Å². The maximum Gasteiger partial charge on any atom is 0.255 e. The van der Waals surface area contributed by atoms with E-state index in [0.29, 0.717) is 35.4 Å². The van der Waals surface area contributed by atoms with Crippen LogP contribution in [0.15, 0.2) is 43.0 Å². The van der Waals surface area contributed by atoms with E-state index in [1.807, 2.05) is 29.2 Å². The zero-order valence-electron chi connectivity index (χ0n) is 13.1. The van der Waals surface area contributed by atoms with Crippen LogP contribution in [0.1, 0.15) is 12.0 Å². The Balaban J connectivity index is 1.67. The van der Waals surface area contributed by atoms with Gasteiger partial charge in [0.1, 0.15) is 11.9 Å². The highest BCUT2D eigenvalue weighted by atomic mass is 19.1. The zero-order valence-corrected chi connectivity index (χ0v) is 13.1. The van der Waals surface area contributed by atoms with E-state index in [9.17, 15) is 14.3 Å². The molecule has 2 aromatic carbocycles. The highest BCUT2D eigenvalue weighted by Crippen LogP contribution is 2.40. The number of alkyl halides is 1. The van der Waals surface area contributed by atoms with Gasteiger partial charge in [0.2, 0.25) is 0 Å². The average molecular weight is 324 g/mol. The summed E-state index contributed by atoms with van der Waals surface area (Å²) in [6.45, 7) is 4.93. The normalized spacial score (nSPS) is 19.5. The highest BCUT2D eigenvalue weighted by Gasteiger charge is 2.25. The van der Waals surface area contributed by atoms with Crippen LogP contribution in [0.25, 0.3) is 16.7 Å². The Morgan fingerprint density at radius 2 is 1.96 bits per heavy atom. The van der Waals surface area contributed by atoms with Gasteiger partial charge in [-0.2, -0.15) is 0 Å². The molecular weight excluding hydrogens is 307 g/mol. The molecule has 4 rings (SSSR count). The lowest BCUT2D eigenvalue weighted by atomic mass is 9.98. The first-order valence-electron chi connectivity index (χ1n) is 7.90. The van der Waals surface area contributed by atoms with E-state index < -0.39 is 6.17 Å². The molecule has 0 aromatic heterocycles. The van der Waals surface area contributed by atoms with Crippen LogP contribution in [0.2, 0.25) is 0 Å². The summed E-state index contributed by atoms with van der Waals surface area (Å²) in [4.78, 5) is 13.7. The fourth-order valence-electron chi connectivity index (χ4n) is 3.30. The topological polar surface area (TPSA) is 52.6 Å². The van der Waals surface area contributed by atoms with E-state index in [4.69, 9.17) is 0 Å². The van der Waals surface area contributed by atoms with Crippen molar-refractivity contribution in [2.75, 3.05) is 23.3 Å². The van der Waals surface area contributed by atoms with E-state index in [1.165, 1.54) is 0 Å². The van der Waals surface area contributed by atoms with E-state index in [0.717, 1.165) is 17.8 Å². The fraction of sp³-hybridized carbons (Fsp3) is 0.211. The maximum absolute atomic E-state index is 13.3. The molecule has 122 valence electrons. The molecule has 0 radical (unpaired) electrons. The van der Waals surface area contributed by atoms with Gasteiger partial charge in [0.25, 0.3) is 5.91 Å². The molecule has 2 heterocycles. The molecule has 2 aliphatic heterocycles. The summed E-state index contributed by atoms with van der Waals surface area (Å²) >= 11 is 0. The van der Waals surface area contributed by atoms with Crippen molar-refractivity contribution in [2.45, 2.75) is 12.6 Å². The molecule has 1 amide bonds. The number of carbonyl (C=O) groups is 1. The number of halogens is 1. The van der Waals surface area contributed by atoms with Gasteiger partial charge in [-0.15, -0.1) is 0 Å². The second-order valence-electron chi connectivity index (χ2n) is 6.23. The predicted molar refractivity (Wildman–Crippen MR) is 92.9 cm³/mol. The van der Waals surface area contributed by atoms with Crippen LogP contribution in [0, 0.1) is 0 Å². The molecule has 2 aromatic rings. The van der Waals surface area contributed by atoms with Crippen molar-refractivity contribution in [1.82, 2.24) is 0 Å². The van der Waals surface area contributed by atoms with Gasteiger partial charge >= 0.3 is 0 Å². The lowest BCUT2D eigenvalue weighted by Gasteiger charge is -2.18. The Bertz CT molecular complexity index is 845. The number of nitrogens with zero attached hydrogens (tertiary/aromatic N) is 1. The minimum atomic E-state index is -0.763. The monoisotopic (exact) mass is 324 g/mol. The molecule has 24 heavy (non-hydrogen) atoms. The third-order valence-corrected chi connectivity index (χ3v) is 4.66. The minimum absolute atomic E-state index is 0.0986. The molecule has 2 N–H and O–H groups in total. The summed E-state index contributed by atoms with van der Waals surface area (Å²) in [6, 6.07) is 11.0. The fourth-order valence-corrected chi connectivity index (χ4v) is 3.30. The van der Waals surface area contributed by atoms with Crippen molar-refractivity contribution in [2.24, 2.45) is 0 Å². The number of phenolic OH excluding ortho intramolecular Hbond substituents is 1. The molecule has 2 aliphatic rings. The van der Waals surface area contributed by atoms with Crippen LogP contribution >= 0.6 is 0 Å². The van der Waals surface area contributed by atoms with Gasteiger partial charge in [-0.1, -0.05) is 18.7 Å². The maximum atomic E-state index is 13.3. The number of nitrogens with one attached hydrogen (secondary N) is 1. The molecule has 0 bridgehead atoms. The smallest absolute Gasteiger partial charge is 0.255 e. The van der Waals surface area contributed by atoms with Gasteiger partial charge in [-0.3, -0.25) is 4.79 Å². The first-order valence-corrected chi connectivity index (χ1v) is 7.90. The zero-order chi connectivity index (χ0) is 16.8. The van der Waals surface area contributed by atoms with Gasteiger partial charge in [-0.25, -0.2) is 4.39 Å². The van der Waals surface area contributed by atoms with Gasteiger partial charge in [0.05, 0.1) is 5.69 Å². The summed E-state index contributed by atoms with van der Waals surface area (Å²) in [7, 11) is 0. The molecular formula is C19H17FN2O2. The van der Waals surface area contributed by atoms with Gasteiger partial charge in [0, 0.05) is 41.5 Å².